The van der Waals surface area contributed by atoms with Crippen LogP contribution in [0.2, 0.25) is 0 Å². The average molecular weight is 182 g/mol. The monoisotopic (exact) mass is 182 g/mol. The van der Waals surface area contributed by atoms with E-state index >= 15 is 0 Å². The Morgan fingerprint density at radius 2 is 2.15 bits per heavy atom. The lowest BCUT2D eigenvalue weighted by Crippen LogP contribution is -2.04. The standard InChI is InChI=1S/C10H14O3/c1-7(11)5-8-3-4-9(12)10(6-8)13-2/h3-4,6-7,11-12H,5H2,1-2H3. The lowest BCUT2D eigenvalue weighted by atomic mass is 10.1. The zero-order valence-electron chi connectivity index (χ0n) is 7.82. The highest BCUT2D eigenvalue weighted by molar-refractivity contribution is 5.41. The highest BCUT2D eigenvalue weighted by Crippen LogP contribution is 2.26. The molecule has 1 atom stereocenters. The van der Waals surface area contributed by atoms with Crippen molar-refractivity contribution in [1.82, 2.24) is 0 Å². The summed E-state index contributed by atoms with van der Waals surface area (Å²) in [5, 5.41) is 18.4. The Morgan fingerprint density at radius 3 is 2.69 bits per heavy atom. The van der Waals surface area contributed by atoms with Crippen molar-refractivity contribution < 1.29 is 14.9 Å². The summed E-state index contributed by atoms with van der Waals surface area (Å²) in [6.45, 7) is 1.72. The number of methoxy groups -OCH3 is 1. The van der Waals surface area contributed by atoms with Crippen LogP contribution in [0, 0.1) is 0 Å². The molecule has 3 nitrogen and oxygen atoms in total. The molecule has 0 heterocycles. The van der Waals surface area contributed by atoms with Gasteiger partial charge in [0.2, 0.25) is 0 Å². The van der Waals surface area contributed by atoms with Gasteiger partial charge < -0.3 is 14.9 Å². The van der Waals surface area contributed by atoms with E-state index in [1.807, 2.05) is 0 Å². The van der Waals surface area contributed by atoms with Crippen molar-refractivity contribution >= 4 is 0 Å². The number of phenolic OH excluding ortho intramolecular Hbond substituents is 1. The molecule has 1 aromatic carbocycles. The van der Waals surface area contributed by atoms with Crippen molar-refractivity contribution in [3.63, 3.8) is 0 Å². The second-order valence-corrected chi connectivity index (χ2v) is 3.06. The number of aliphatic hydroxyl groups is 1. The summed E-state index contributed by atoms with van der Waals surface area (Å²) >= 11 is 0. The molecule has 0 saturated heterocycles. The lowest BCUT2D eigenvalue weighted by molar-refractivity contribution is 0.195. The Morgan fingerprint density at radius 1 is 1.46 bits per heavy atom. The number of benzene rings is 1. The van der Waals surface area contributed by atoms with Crippen LogP contribution in [0.5, 0.6) is 11.5 Å². The first kappa shape index (κ1) is 9.86. The van der Waals surface area contributed by atoms with Gasteiger partial charge >= 0.3 is 0 Å². The Bertz CT molecular complexity index is 281. The van der Waals surface area contributed by atoms with Crippen LogP contribution in [0.15, 0.2) is 18.2 Å². The Hall–Kier alpha value is -1.22. The molecule has 0 aliphatic heterocycles. The van der Waals surface area contributed by atoms with Crippen LogP contribution in [-0.4, -0.2) is 23.4 Å². The van der Waals surface area contributed by atoms with Crippen molar-refractivity contribution in [3.05, 3.63) is 23.8 Å². The van der Waals surface area contributed by atoms with Crippen LogP contribution in [0.1, 0.15) is 12.5 Å². The van der Waals surface area contributed by atoms with Crippen molar-refractivity contribution in [3.8, 4) is 11.5 Å². The molecule has 72 valence electrons. The van der Waals surface area contributed by atoms with Crippen LogP contribution in [0.25, 0.3) is 0 Å². The van der Waals surface area contributed by atoms with Crippen molar-refractivity contribution in [2.45, 2.75) is 19.4 Å². The number of hydrogen-bond donors (Lipinski definition) is 2. The lowest BCUT2D eigenvalue weighted by Gasteiger charge is -2.07. The number of phenols is 1. The van der Waals surface area contributed by atoms with E-state index in [2.05, 4.69) is 0 Å². The zero-order valence-corrected chi connectivity index (χ0v) is 7.82. The molecule has 3 heteroatoms. The van der Waals surface area contributed by atoms with Gasteiger partial charge in [-0.2, -0.15) is 0 Å². The van der Waals surface area contributed by atoms with Gasteiger partial charge in [-0.1, -0.05) is 6.07 Å². The summed E-state index contributed by atoms with van der Waals surface area (Å²) in [5.41, 5.74) is 0.949. The van der Waals surface area contributed by atoms with E-state index in [0.717, 1.165) is 5.56 Å². The van der Waals surface area contributed by atoms with E-state index in [9.17, 15) is 5.11 Å². The summed E-state index contributed by atoms with van der Waals surface area (Å²) in [4.78, 5) is 0. The Balaban J connectivity index is 2.86. The van der Waals surface area contributed by atoms with Crippen molar-refractivity contribution in [1.29, 1.82) is 0 Å². The first-order valence-corrected chi connectivity index (χ1v) is 4.17. The Kier molecular flexibility index (Phi) is 3.14. The maximum atomic E-state index is 9.28. The summed E-state index contributed by atoms with van der Waals surface area (Å²) in [6, 6.07) is 5.06. The van der Waals surface area contributed by atoms with E-state index < -0.39 is 0 Å². The maximum absolute atomic E-state index is 9.28. The van der Waals surface area contributed by atoms with Gasteiger partial charge in [0.05, 0.1) is 13.2 Å². The SMILES string of the molecule is COc1cc(CC(C)O)ccc1O. The molecule has 13 heavy (non-hydrogen) atoms. The van der Waals surface area contributed by atoms with Gasteiger partial charge in [-0.15, -0.1) is 0 Å². The summed E-state index contributed by atoms with van der Waals surface area (Å²) in [7, 11) is 1.50. The minimum Gasteiger partial charge on any atom is -0.504 e. The second-order valence-electron chi connectivity index (χ2n) is 3.06. The topological polar surface area (TPSA) is 49.7 Å². The van der Waals surface area contributed by atoms with Gasteiger partial charge in [-0.25, -0.2) is 0 Å². The van der Waals surface area contributed by atoms with E-state index in [0.29, 0.717) is 12.2 Å². The van der Waals surface area contributed by atoms with E-state index in [1.54, 1.807) is 25.1 Å². The maximum Gasteiger partial charge on any atom is 0.160 e. The highest BCUT2D eigenvalue weighted by atomic mass is 16.5. The van der Waals surface area contributed by atoms with Gasteiger partial charge in [0, 0.05) is 0 Å². The molecule has 0 aliphatic rings. The molecule has 0 bridgehead atoms. The van der Waals surface area contributed by atoms with Gasteiger partial charge in [0.15, 0.2) is 11.5 Å². The zero-order chi connectivity index (χ0) is 9.84. The predicted octanol–water partition coefficient (Wildman–Crippen LogP) is 1.32. The highest BCUT2D eigenvalue weighted by Gasteiger charge is 2.04. The van der Waals surface area contributed by atoms with Crippen molar-refractivity contribution in [2.24, 2.45) is 0 Å². The normalized spacial score (nSPS) is 12.5. The van der Waals surface area contributed by atoms with E-state index in [1.165, 1.54) is 7.11 Å². The molecule has 0 amide bonds. The fourth-order valence-corrected chi connectivity index (χ4v) is 1.19. The largest absolute Gasteiger partial charge is 0.504 e. The molecular weight excluding hydrogens is 168 g/mol. The molecule has 0 radical (unpaired) electrons. The van der Waals surface area contributed by atoms with Crippen LogP contribution in [0.4, 0.5) is 0 Å². The summed E-state index contributed by atoms with van der Waals surface area (Å²) in [6.07, 6.45) is 0.186. The molecule has 0 aromatic heterocycles. The quantitative estimate of drug-likeness (QED) is 0.741. The predicted molar refractivity (Wildman–Crippen MR) is 50.0 cm³/mol. The fraction of sp³-hybridized carbons (Fsp3) is 0.400. The van der Waals surface area contributed by atoms with Crippen LogP contribution in [-0.2, 0) is 6.42 Å². The minimum absolute atomic E-state index is 0.122. The van der Waals surface area contributed by atoms with Gasteiger partial charge in [0.25, 0.3) is 0 Å². The molecule has 2 N–H and O–H groups in total. The third-order valence-corrected chi connectivity index (χ3v) is 1.78. The van der Waals surface area contributed by atoms with Gasteiger partial charge in [-0.05, 0) is 31.0 Å². The summed E-state index contributed by atoms with van der Waals surface area (Å²) < 4.78 is 4.94. The molecule has 0 aliphatic carbocycles. The number of hydrogen-bond acceptors (Lipinski definition) is 3. The molecule has 1 aromatic rings. The summed E-state index contributed by atoms with van der Waals surface area (Å²) in [5.74, 6) is 0.565. The van der Waals surface area contributed by atoms with Crippen LogP contribution in [0.3, 0.4) is 0 Å². The fourth-order valence-electron chi connectivity index (χ4n) is 1.19. The van der Waals surface area contributed by atoms with E-state index in [-0.39, 0.29) is 11.9 Å². The van der Waals surface area contributed by atoms with E-state index in [4.69, 9.17) is 9.84 Å². The molecule has 1 unspecified atom stereocenters. The number of aliphatic hydroxyl groups excluding tert-OH is 1. The number of rotatable bonds is 3. The molecule has 0 fully saturated rings. The van der Waals surface area contributed by atoms with Crippen molar-refractivity contribution in [2.75, 3.05) is 7.11 Å². The third kappa shape index (κ3) is 2.63. The Labute approximate surface area is 77.6 Å². The number of ether oxygens (including phenoxy) is 1. The third-order valence-electron chi connectivity index (χ3n) is 1.78. The van der Waals surface area contributed by atoms with Gasteiger partial charge in [0.1, 0.15) is 0 Å². The first-order valence-electron chi connectivity index (χ1n) is 4.17. The molecule has 0 saturated carbocycles. The van der Waals surface area contributed by atoms with Gasteiger partial charge in [-0.3, -0.25) is 0 Å². The smallest absolute Gasteiger partial charge is 0.160 e. The second kappa shape index (κ2) is 4.14. The van der Waals surface area contributed by atoms with Crippen LogP contribution >= 0.6 is 0 Å². The molecular formula is C10H14O3. The molecule has 0 spiro atoms. The number of aromatic hydroxyl groups is 1. The first-order chi connectivity index (χ1) is 6.13. The minimum atomic E-state index is -0.380. The molecule has 1 rings (SSSR count). The van der Waals surface area contributed by atoms with Crippen LogP contribution < -0.4 is 4.74 Å². The average Bonchev–Trinajstić information content (AvgIpc) is 2.07.